The molecule has 1 aromatic rings. The van der Waals surface area contributed by atoms with E-state index >= 15 is 0 Å². The highest BCUT2D eigenvalue weighted by Gasteiger charge is 2.46. The summed E-state index contributed by atoms with van der Waals surface area (Å²) in [4.78, 5) is 26.7. The first-order valence-corrected chi connectivity index (χ1v) is 12.8. The molecule has 0 aromatic heterocycles. The summed E-state index contributed by atoms with van der Waals surface area (Å²) in [7, 11) is 0. The average Bonchev–Trinajstić information content (AvgIpc) is 2.74. The molecule has 2 rings (SSSR count). The summed E-state index contributed by atoms with van der Waals surface area (Å²) >= 11 is 0. The number of ether oxygens (including phenoxy) is 4. The molecule has 2 N–H and O–H groups in total. The summed E-state index contributed by atoms with van der Waals surface area (Å²) in [6.07, 6.45) is -7.79. The predicted octanol–water partition coefficient (Wildman–Crippen LogP) is 4.41. The van der Waals surface area contributed by atoms with E-state index in [1.54, 1.807) is 33.8 Å². The number of halogens is 3. The van der Waals surface area contributed by atoms with E-state index in [1.165, 1.54) is 24.0 Å². The Morgan fingerprint density at radius 3 is 2.36 bits per heavy atom. The Hall–Kier alpha value is -2.57. The van der Waals surface area contributed by atoms with Crippen LogP contribution in [0.2, 0.25) is 0 Å². The zero-order valence-corrected chi connectivity index (χ0v) is 23.8. The second kappa shape index (κ2) is 12.7. The number of alkyl halides is 3. The van der Waals surface area contributed by atoms with E-state index in [0.717, 1.165) is 6.07 Å². The van der Waals surface area contributed by atoms with Gasteiger partial charge in [0, 0.05) is 6.92 Å². The Kier molecular flexibility index (Phi) is 10.7. The zero-order chi connectivity index (χ0) is 29.8. The number of aliphatic hydroxyl groups excluding tert-OH is 1. The lowest BCUT2D eigenvalue weighted by molar-refractivity contribution is -0.274. The first kappa shape index (κ1) is 32.6. The molecule has 1 saturated heterocycles. The molecule has 0 saturated carbocycles. The van der Waals surface area contributed by atoms with Crippen molar-refractivity contribution < 1.29 is 46.8 Å². The third-order valence-corrected chi connectivity index (χ3v) is 5.69. The number of carbonyl (C=O) groups excluding carboxylic acids is 2. The number of hydrogen-bond acceptors (Lipinski definition) is 7. The highest BCUT2D eigenvalue weighted by Crippen LogP contribution is 2.29. The lowest BCUT2D eigenvalue weighted by atomic mass is 9.94. The molecule has 1 aliphatic heterocycles. The fraction of sp³-hybridized carbons (Fsp3) is 0.704. The number of amides is 2. The summed E-state index contributed by atoms with van der Waals surface area (Å²) in [5, 5.41) is 14.1. The van der Waals surface area contributed by atoms with Crippen LogP contribution in [-0.2, 0) is 25.4 Å². The second-order valence-corrected chi connectivity index (χ2v) is 12.0. The molecule has 1 fully saturated rings. The van der Waals surface area contributed by atoms with Gasteiger partial charge in [0.05, 0.1) is 37.4 Å². The van der Waals surface area contributed by atoms with Crippen LogP contribution in [-0.4, -0.2) is 77.7 Å². The molecular formula is C27H41F3N2O7. The van der Waals surface area contributed by atoms with Crippen LogP contribution < -0.4 is 10.1 Å². The molecule has 0 radical (unpaired) electrons. The van der Waals surface area contributed by atoms with Crippen molar-refractivity contribution in [3.63, 3.8) is 0 Å². The van der Waals surface area contributed by atoms with Gasteiger partial charge in [-0.15, -0.1) is 13.2 Å². The Morgan fingerprint density at radius 2 is 1.82 bits per heavy atom. The van der Waals surface area contributed by atoms with Crippen LogP contribution >= 0.6 is 0 Å². The molecule has 39 heavy (non-hydrogen) atoms. The maximum absolute atomic E-state index is 13.3. The van der Waals surface area contributed by atoms with Crippen LogP contribution in [0.15, 0.2) is 24.3 Å². The van der Waals surface area contributed by atoms with Gasteiger partial charge in [0.15, 0.2) is 6.29 Å². The second-order valence-electron chi connectivity index (χ2n) is 12.0. The largest absolute Gasteiger partial charge is 0.573 e. The Morgan fingerprint density at radius 1 is 1.18 bits per heavy atom. The van der Waals surface area contributed by atoms with Crippen molar-refractivity contribution >= 4 is 12.0 Å². The summed E-state index contributed by atoms with van der Waals surface area (Å²) in [6.45, 7) is 14.3. The molecule has 222 valence electrons. The number of carbonyl (C=O) groups is 2. The van der Waals surface area contributed by atoms with Crippen LogP contribution in [0, 0.1) is 5.41 Å². The number of benzene rings is 1. The van der Waals surface area contributed by atoms with Gasteiger partial charge in [0.2, 0.25) is 5.91 Å². The first-order chi connectivity index (χ1) is 17.8. The minimum absolute atomic E-state index is 0.0488. The maximum Gasteiger partial charge on any atom is 0.573 e. The van der Waals surface area contributed by atoms with Crippen molar-refractivity contribution in [2.24, 2.45) is 5.41 Å². The average molecular weight is 563 g/mol. The molecule has 0 unspecified atom stereocenters. The quantitative estimate of drug-likeness (QED) is 0.484. The molecule has 1 heterocycles. The molecule has 0 spiro atoms. The van der Waals surface area contributed by atoms with Crippen molar-refractivity contribution in [2.75, 3.05) is 13.2 Å². The Bertz CT molecular complexity index is 975. The molecule has 5 atom stereocenters. The summed E-state index contributed by atoms with van der Waals surface area (Å²) < 4.78 is 59.6. The molecule has 1 aliphatic rings. The smallest absolute Gasteiger partial charge is 0.444 e. The molecule has 9 nitrogen and oxygen atoms in total. The van der Waals surface area contributed by atoms with Gasteiger partial charge >= 0.3 is 12.5 Å². The number of morpholine rings is 1. The lowest BCUT2D eigenvalue weighted by Crippen LogP contribution is -2.66. The first-order valence-electron chi connectivity index (χ1n) is 12.8. The van der Waals surface area contributed by atoms with Crippen LogP contribution in [0.1, 0.15) is 61.0 Å². The number of aliphatic hydroxyl groups is 1. The number of nitrogens with one attached hydrogen (secondary N) is 1. The number of hydrogen-bond donors (Lipinski definition) is 2. The third kappa shape index (κ3) is 10.8. The SMILES string of the molecule is CC(=O)N[C@@H](Cc1cccc(OC(F)(F)F)c1)[C@H](O)[C@H]1CO[C@@H](OCC(C)(C)C)[C@H](C)N1C(=O)OC(C)(C)C. The van der Waals surface area contributed by atoms with Gasteiger partial charge in [-0.25, -0.2) is 4.79 Å². The summed E-state index contributed by atoms with van der Waals surface area (Å²) in [5.74, 6) is -0.901. The van der Waals surface area contributed by atoms with E-state index in [1.807, 2.05) is 20.8 Å². The van der Waals surface area contributed by atoms with Gasteiger partial charge in [-0.3, -0.25) is 9.69 Å². The van der Waals surface area contributed by atoms with Crippen molar-refractivity contribution in [2.45, 2.75) is 104 Å². The Labute approximate surface area is 227 Å². The van der Waals surface area contributed by atoms with Crippen LogP contribution in [0.5, 0.6) is 5.75 Å². The van der Waals surface area contributed by atoms with Crippen LogP contribution in [0.3, 0.4) is 0 Å². The molecule has 0 bridgehead atoms. The molecule has 1 aromatic carbocycles. The van der Waals surface area contributed by atoms with Gasteiger partial charge in [-0.2, -0.15) is 0 Å². The zero-order valence-electron chi connectivity index (χ0n) is 23.8. The predicted molar refractivity (Wildman–Crippen MR) is 137 cm³/mol. The molecule has 2 amide bonds. The van der Waals surface area contributed by atoms with E-state index in [4.69, 9.17) is 14.2 Å². The van der Waals surface area contributed by atoms with E-state index in [-0.39, 0.29) is 18.4 Å². The van der Waals surface area contributed by atoms with E-state index in [0.29, 0.717) is 12.2 Å². The molecular weight excluding hydrogens is 521 g/mol. The number of rotatable bonds is 8. The minimum Gasteiger partial charge on any atom is -0.444 e. The molecule has 12 heteroatoms. The van der Waals surface area contributed by atoms with Crippen LogP contribution in [0.25, 0.3) is 0 Å². The summed E-state index contributed by atoms with van der Waals surface area (Å²) in [5.41, 5.74) is -0.631. The van der Waals surface area contributed by atoms with Crippen LogP contribution in [0.4, 0.5) is 18.0 Å². The minimum atomic E-state index is -4.87. The van der Waals surface area contributed by atoms with E-state index in [9.17, 15) is 27.9 Å². The summed E-state index contributed by atoms with van der Waals surface area (Å²) in [6, 6.07) is 2.64. The van der Waals surface area contributed by atoms with Gasteiger partial charge in [0.1, 0.15) is 11.4 Å². The van der Waals surface area contributed by atoms with E-state index < -0.39 is 60.2 Å². The van der Waals surface area contributed by atoms with Crippen molar-refractivity contribution in [1.82, 2.24) is 10.2 Å². The highest BCUT2D eigenvalue weighted by molar-refractivity contribution is 5.73. The lowest BCUT2D eigenvalue weighted by Gasteiger charge is -2.47. The van der Waals surface area contributed by atoms with Crippen molar-refractivity contribution in [3.8, 4) is 5.75 Å². The highest BCUT2D eigenvalue weighted by atomic mass is 19.4. The fourth-order valence-corrected chi connectivity index (χ4v) is 4.15. The van der Waals surface area contributed by atoms with Crippen molar-refractivity contribution in [3.05, 3.63) is 29.8 Å². The third-order valence-electron chi connectivity index (χ3n) is 5.69. The van der Waals surface area contributed by atoms with Gasteiger partial charge in [0.25, 0.3) is 0 Å². The van der Waals surface area contributed by atoms with Gasteiger partial charge < -0.3 is 29.4 Å². The maximum atomic E-state index is 13.3. The fourth-order valence-electron chi connectivity index (χ4n) is 4.15. The molecule has 0 aliphatic carbocycles. The topological polar surface area (TPSA) is 107 Å². The normalized spacial score (nSPS) is 22.2. The number of nitrogens with zero attached hydrogens (tertiary/aromatic N) is 1. The van der Waals surface area contributed by atoms with Gasteiger partial charge in [-0.1, -0.05) is 32.9 Å². The van der Waals surface area contributed by atoms with Crippen molar-refractivity contribution in [1.29, 1.82) is 0 Å². The monoisotopic (exact) mass is 562 g/mol. The van der Waals surface area contributed by atoms with E-state index in [2.05, 4.69) is 10.1 Å². The Balaban J connectivity index is 2.35. The van der Waals surface area contributed by atoms with Gasteiger partial charge in [-0.05, 0) is 57.2 Å². The standard InChI is InChI=1S/C27H41F3N2O7/c1-16-23(37-15-25(3,4)5)36-14-21(32(16)24(35)39-26(6,7)8)22(34)20(31-17(2)33)13-18-10-9-11-19(12-18)38-27(28,29)30/h9-12,16,20-23,34H,13-15H2,1-8H3,(H,31,33)/t16-,20-,21+,22-,23-/m0/s1.